The summed E-state index contributed by atoms with van der Waals surface area (Å²) in [6, 6.07) is 12.7. The third-order valence-corrected chi connectivity index (χ3v) is 4.68. The molecule has 0 fully saturated rings. The van der Waals surface area contributed by atoms with Crippen molar-refractivity contribution in [2.75, 3.05) is 6.54 Å². The van der Waals surface area contributed by atoms with E-state index in [2.05, 4.69) is 74.8 Å². The minimum atomic E-state index is 0.798. The maximum atomic E-state index is 4.31. The van der Waals surface area contributed by atoms with Gasteiger partial charge in [0.25, 0.3) is 0 Å². The first-order valence-electron chi connectivity index (χ1n) is 6.99. The molecule has 0 aliphatic heterocycles. The van der Waals surface area contributed by atoms with Crippen LogP contribution in [-0.2, 0) is 6.54 Å². The SMILES string of the molecule is CCCNCc1nnc(-c2ccc3cc(Br)ccc3c2)s1. The summed E-state index contributed by atoms with van der Waals surface area (Å²) in [5.74, 6) is 0. The van der Waals surface area contributed by atoms with Crippen LogP contribution in [0.3, 0.4) is 0 Å². The van der Waals surface area contributed by atoms with Crippen molar-refractivity contribution in [3.05, 3.63) is 45.9 Å². The second-order valence-corrected chi connectivity index (χ2v) is 6.86. The Labute approximate surface area is 136 Å². The molecular weight excluding hydrogens is 346 g/mol. The van der Waals surface area contributed by atoms with Gasteiger partial charge in [-0.25, -0.2) is 0 Å². The van der Waals surface area contributed by atoms with Crippen molar-refractivity contribution in [3.63, 3.8) is 0 Å². The predicted octanol–water partition coefficient (Wildman–Crippen LogP) is 4.62. The zero-order valence-electron chi connectivity index (χ0n) is 11.8. The van der Waals surface area contributed by atoms with Crippen molar-refractivity contribution < 1.29 is 0 Å². The number of benzene rings is 2. The van der Waals surface area contributed by atoms with Gasteiger partial charge >= 0.3 is 0 Å². The smallest absolute Gasteiger partial charge is 0.147 e. The molecule has 3 aromatic rings. The number of aromatic nitrogens is 2. The van der Waals surface area contributed by atoms with Crippen molar-refractivity contribution >= 4 is 38.0 Å². The normalized spacial score (nSPS) is 11.1. The zero-order chi connectivity index (χ0) is 14.7. The average Bonchev–Trinajstić information content (AvgIpc) is 2.96. The van der Waals surface area contributed by atoms with E-state index in [1.165, 1.54) is 10.8 Å². The van der Waals surface area contributed by atoms with Gasteiger partial charge in [0.1, 0.15) is 10.0 Å². The standard InChI is InChI=1S/C16H16BrN3S/c1-2-7-18-10-15-19-20-16(21-15)13-4-3-12-9-14(17)6-5-11(12)8-13/h3-6,8-9,18H,2,7,10H2,1H3. The molecule has 21 heavy (non-hydrogen) atoms. The van der Waals surface area contributed by atoms with Crippen molar-refractivity contribution in [2.24, 2.45) is 0 Å². The molecule has 0 spiro atoms. The fraction of sp³-hybridized carbons (Fsp3) is 0.250. The Morgan fingerprint density at radius 2 is 1.90 bits per heavy atom. The van der Waals surface area contributed by atoms with Gasteiger partial charge in [0, 0.05) is 16.6 Å². The quantitative estimate of drug-likeness (QED) is 0.673. The molecule has 0 unspecified atom stereocenters. The molecular formula is C16H16BrN3S. The van der Waals surface area contributed by atoms with E-state index in [-0.39, 0.29) is 0 Å². The summed E-state index contributed by atoms with van der Waals surface area (Å²) >= 11 is 5.16. The van der Waals surface area contributed by atoms with E-state index >= 15 is 0 Å². The van der Waals surface area contributed by atoms with E-state index < -0.39 is 0 Å². The van der Waals surface area contributed by atoms with Gasteiger partial charge in [0.2, 0.25) is 0 Å². The maximum Gasteiger partial charge on any atom is 0.147 e. The maximum absolute atomic E-state index is 4.31. The Bertz CT molecular complexity index is 754. The summed E-state index contributed by atoms with van der Waals surface area (Å²) in [7, 11) is 0. The molecule has 0 atom stereocenters. The first kappa shape index (κ1) is 14.6. The lowest BCUT2D eigenvalue weighted by atomic mass is 10.1. The Kier molecular flexibility index (Phi) is 4.63. The molecule has 108 valence electrons. The fourth-order valence-electron chi connectivity index (χ4n) is 2.16. The molecule has 3 rings (SSSR count). The van der Waals surface area contributed by atoms with Crippen molar-refractivity contribution in [3.8, 4) is 10.6 Å². The van der Waals surface area contributed by atoms with Gasteiger partial charge in [-0.1, -0.05) is 52.4 Å². The van der Waals surface area contributed by atoms with Crippen LogP contribution >= 0.6 is 27.3 Å². The summed E-state index contributed by atoms with van der Waals surface area (Å²) < 4.78 is 1.10. The molecule has 1 N–H and O–H groups in total. The Hall–Kier alpha value is -1.30. The molecule has 0 bridgehead atoms. The van der Waals surface area contributed by atoms with E-state index in [1.807, 2.05) is 0 Å². The number of hydrogen-bond acceptors (Lipinski definition) is 4. The lowest BCUT2D eigenvalue weighted by Gasteiger charge is -2.01. The molecule has 0 amide bonds. The van der Waals surface area contributed by atoms with Crippen LogP contribution in [0.25, 0.3) is 21.3 Å². The van der Waals surface area contributed by atoms with Crippen LogP contribution in [-0.4, -0.2) is 16.7 Å². The average molecular weight is 362 g/mol. The molecule has 3 nitrogen and oxygen atoms in total. The summed E-state index contributed by atoms with van der Waals surface area (Å²) in [5, 5.41) is 16.4. The van der Waals surface area contributed by atoms with E-state index in [9.17, 15) is 0 Å². The van der Waals surface area contributed by atoms with Crippen LogP contribution in [0.4, 0.5) is 0 Å². The van der Waals surface area contributed by atoms with Crippen LogP contribution in [0.2, 0.25) is 0 Å². The molecule has 0 radical (unpaired) electrons. The van der Waals surface area contributed by atoms with Crippen LogP contribution in [0.5, 0.6) is 0 Å². The van der Waals surface area contributed by atoms with E-state index in [0.29, 0.717) is 0 Å². The lowest BCUT2D eigenvalue weighted by molar-refractivity contribution is 0.668. The Morgan fingerprint density at radius 3 is 2.76 bits per heavy atom. The van der Waals surface area contributed by atoms with Gasteiger partial charge in [-0.3, -0.25) is 0 Å². The van der Waals surface area contributed by atoms with E-state index in [4.69, 9.17) is 0 Å². The minimum absolute atomic E-state index is 0.798. The summed E-state index contributed by atoms with van der Waals surface area (Å²) in [6.07, 6.45) is 1.13. The molecule has 1 aromatic heterocycles. The van der Waals surface area contributed by atoms with Crippen LogP contribution in [0.1, 0.15) is 18.4 Å². The summed E-state index contributed by atoms with van der Waals surface area (Å²) in [6.45, 7) is 3.97. The molecule has 0 aliphatic rings. The third kappa shape index (κ3) is 3.48. The first-order valence-corrected chi connectivity index (χ1v) is 8.60. The summed E-state index contributed by atoms with van der Waals surface area (Å²) in [4.78, 5) is 0. The summed E-state index contributed by atoms with van der Waals surface area (Å²) in [5.41, 5.74) is 1.13. The highest BCUT2D eigenvalue weighted by Crippen LogP contribution is 2.28. The topological polar surface area (TPSA) is 37.8 Å². The van der Waals surface area contributed by atoms with Crippen LogP contribution in [0, 0.1) is 0 Å². The second-order valence-electron chi connectivity index (χ2n) is 4.88. The fourth-order valence-corrected chi connectivity index (χ4v) is 3.35. The molecule has 0 saturated carbocycles. The van der Waals surface area contributed by atoms with Gasteiger partial charge in [-0.2, -0.15) is 0 Å². The monoisotopic (exact) mass is 361 g/mol. The molecule has 5 heteroatoms. The first-order chi connectivity index (χ1) is 10.3. The number of fused-ring (bicyclic) bond motifs is 1. The number of halogens is 1. The van der Waals surface area contributed by atoms with E-state index in [0.717, 1.165) is 39.6 Å². The van der Waals surface area contributed by atoms with Crippen molar-refractivity contribution in [1.29, 1.82) is 0 Å². The second kappa shape index (κ2) is 6.64. The van der Waals surface area contributed by atoms with Crippen LogP contribution in [0.15, 0.2) is 40.9 Å². The highest BCUT2D eigenvalue weighted by Gasteiger charge is 2.07. The van der Waals surface area contributed by atoms with Gasteiger partial charge in [-0.05, 0) is 41.9 Å². The van der Waals surface area contributed by atoms with Gasteiger partial charge in [0.15, 0.2) is 0 Å². The Balaban J connectivity index is 1.84. The van der Waals surface area contributed by atoms with Crippen molar-refractivity contribution in [1.82, 2.24) is 15.5 Å². The minimum Gasteiger partial charge on any atom is -0.310 e. The van der Waals surface area contributed by atoms with Crippen molar-refractivity contribution in [2.45, 2.75) is 19.9 Å². The van der Waals surface area contributed by atoms with E-state index in [1.54, 1.807) is 11.3 Å². The van der Waals surface area contributed by atoms with Crippen LogP contribution < -0.4 is 5.32 Å². The number of hydrogen-bond donors (Lipinski definition) is 1. The third-order valence-electron chi connectivity index (χ3n) is 3.22. The van der Waals surface area contributed by atoms with Gasteiger partial charge < -0.3 is 5.32 Å². The molecule has 0 saturated heterocycles. The Morgan fingerprint density at radius 1 is 1.10 bits per heavy atom. The lowest BCUT2D eigenvalue weighted by Crippen LogP contribution is -2.13. The molecule has 1 heterocycles. The zero-order valence-corrected chi connectivity index (χ0v) is 14.2. The number of rotatable bonds is 5. The largest absolute Gasteiger partial charge is 0.310 e. The highest BCUT2D eigenvalue weighted by molar-refractivity contribution is 9.10. The predicted molar refractivity (Wildman–Crippen MR) is 92.5 cm³/mol. The molecule has 2 aromatic carbocycles. The molecule has 0 aliphatic carbocycles. The van der Waals surface area contributed by atoms with Gasteiger partial charge in [-0.15, -0.1) is 10.2 Å². The van der Waals surface area contributed by atoms with Gasteiger partial charge in [0.05, 0.1) is 0 Å². The number of nitrogens with zero attached hydrogens (tertiary/aromatic N) is 2. The highest BCUT2D eigenvalue weighted by atomic mass is 79.9. The number of nitrogens with one attached hydrogen (secondary N) is 1.